The van der Waals surface area contributed by atoms with Crippen LogP contribution in [0.25, 0.3) is 0 Å². The van der Waals surface area contributed by atoms with Crippen molar-refractivity contribution < 1.29 is 9.59 Å². The maximum absolute atomic E-state index is 10.7. The van der Waals surface area contributed by atoms with Crippen molar-refractivity contribution in [3.05, 3.63) is 35.9 Å². The van der Waals surface area contributed by atoms with Gasteiger partial charge in [0.2, 0.25) is 0 Å². The Bertz CT molecular complexity index is 310. The van der Waals surface area contributed by atoms with E-state index in [0.717, 1.165) is 5.56 Å². The van der Waals surface area contributed by atoms with Crippen molar-refractivity contribution in [2.75, 3.05) is 0 Å². The molecule has 82 valence electrons. The van der Waals surface area contributed by atoms with Crippen LogP contribution in [0.4, 0.5) is 0 Å². The Kier molecular flexibility index (Phi) is 6.63. The number of carbonyl (C=O) groups is 2. The van der Waals surface area contributed by atoms with E-state index in [4.69, 9.17) is 5.73 Å². The second-order valence-corrected chi connectivity index (χ2v) is 2.53. The number of carbonyl (C=O) groups excluding carboxylic acids is 2. The summed E-state index contributed by atoms with van der Waals surface area (Å²) in [6, 6.07) is 9.28. The van der Waals surface area contributed by atoms with Crippen LogP contribution in [-0.4, -0.2) is 11.8 Å². The number of primary amides is 1. The summed E-state index contributed by atoms with van der Waals surface area (Å²) in [5, 5.41) is 2.38. The van der Waals surface area contributed by atoms with Gasteiger partial charge in [0.25, 0.3) is 0 Å². The fraction of sp³-hybridized carbons (Fsp3) is 0.273. The van der Waals surface area contributed by atoms with E-state index in [1.54, 1.807) is 0 Å². The highest BCUT2D eigenvalue weighted by molar-refractivity contribution is 6.34. The van der Waals surface area contributed by atoms with E-state index in [2.05, 4.69) is 5.32 Å². The van der Waals surface area contributed by atoms with Crippen LogP contribution in [0.1, 0.15) is 19.4 Å². The van der Waals surface area contributed by atoms with E-state index in [-0.39, 0.29) is 0 Å². The van der Waals surface area contributed by atoms with Gasteiger partial charge in [-0.3, -0.25) is 9.59 Å². The second kappa shape index (κ2) is 7.55. The van der Waals surface area contributed by atoms with Gasteiger partial charge in [-0.2, -0.15) is 0 Å². The molecule has 0 aliphatic heterocycles. The summed E-state index contributed by atoms with van der Waals surface area (Å²) >= 11 is 0. The van der Waals surface area contributed by atoms with Crippen molar-refractivity contribution in [1.29, 1.82) is 0 Å². The van der Waals surface area contributed by atoms with E-state index in [1.165, 1.54) is 0 Å². The topological polar surface area (TPSA) is 72.2 Å². The summed E-state index contributed by atoms with van der Waals surface area (Å²) in [5.74, 6) is -1.72. The first-order chi connectivity index (χ1) is 7.20. The molecule has 4 heteroatoms. The monoisotopic (exact) mass is 208 g/mol. The lowest BCUT2D eigenvalue weighted by Crippen LogP contribution is -2.35. The van der Waals surface area contributed by atoms with Gasteiger partial charge in [0.15, 0.2) is 0 Å². The summed E-state index contributed by atoms with van der Waals surface area (Å²) < 4.78 is 0. The summed E-state index contributed by atoms with van der Waals surface area (Å²) in [4.78, 5) is 21.1. The molecule has 0 saturated carbocycles. The minimum atomic E-state index is -0.962. The molecule has 0 aliphatic rings. The van der Waals surface area contributed by atoms with Crippen molar-refractivity contribution in [2.45, 2.75) is 20.4 Å². The molecule has 1 rings (SSSR count). The smallest absolute Gasteiger partial charge is 0.309 e. The highest BCUT2D eigenvalue weighted by Crippen LogP contribution is 1.96. The second-order valence-electron chi connectivity index (χ2n) is 2.53. The zero-order valence-electron chi connectivity index (χ0n) is 8.99. The Balaban J connectivity index is 0.000000921. The van der Waals surface area contributed by atoms with E-state index in [1.807, 2.05) is 44.2 Å². The van der Waals surface area contributed by atoms with Crippen LogP contribution in [0.3, 0.4) is 0 Å². The van der Waals surface area contributed by atoms with Gasteiger partial charge in [-0.25, -0.2) is 0 Å². The van der Waals surface area contributed by atoms with Gasteiger partial charge in [0.05, 0.1) is 0 Å². The molecule has 3 N–H and O–H groups in total. The van der Waals surface area contributed by atoms with E-state index >= 15 is 0 Å². The van der Waals surface area contributed by atoms with Gasteiger partial charge < -0.3 is 11.1 Å². The van der Waals surface area contributed by atoms with Crippen LogP contribution < -0.4 is 11.1 Å². The molecule has 2 amide bonds. The van der Waals surface area contributed by atoms with Gasteiger partial charge in [0, 0.05) is 6.54 Å². The predicted octanol–water partition coefficient (Wildman–Crippen LogP) is 0.814. The van der Waals surface area contributed by atoms with Gasteiger partial charge in [-0.05, 0) is 5.56 Å². The third kappa shape index (κ3) is 5.46. The maximum Gasteiger partial charge on any atom is 0.309 e. The average Bonchev–Trinajstić information content (AvgIpc) is 2.30. The minimum Gasteiger partial charge on any atom is -0.361 e. The summed E-state index contributed by atoms with van der Waals surface area (Å²) in [5.41, 5.74) is 5.68. The van der Waals surface area contributed by atoms with Gasteiger partial charge in [-0.1, -0.05) is 44.2 Å². The lowest BCUT2D eigenvalue weighted by atomic mass is 10.2. The quantitative estimate of drug-likeness (QED) is 0.706. The number of hydrogen-bond donors (Lipinski definition) is 2. The molecule has 0 aliphatic carbocycles. The predicted molar refractivity (Wildman–Crippen MR) is 58.8 cm³/mol. The van der Waals surface area contributed by atoms with Crippen molar-refractivity contribution in [1.82, 2.24) is 5.32 Å². The Morgan fingerprint density at radius 1 is 1.20 bits per heavy atom. The maximum atomic E-state index is 10.7. The summed E-state index contributed by atoms with van der Waals surface area (Å²) in [6.07, 6.45) is 0. The Morgan fingerprint density at radius 3 is 2.20 bits per heavy atom. The van der Waals surface area contributed by atoms with Gasteiger partial charge >= 0.3 is 11.8 Å². The molecule has 0 atom stereocenters. The Morgan fingerprint density at radius 2 is 1.73 bits per heavy atom. The molecular weight excluding hydrogens is 192 g/mol. The summed E-state index contributed by atoms with van der Waals surface area (Å²) in [7, 11) is 0. The SMILES string of the molecule is CC.NC(=O)C(=O)NCc1ccccc1. The van der Waals surface area contributed by atoms with Crippen molar-refractivity contribution in [3.8, 4) is 0 Å². The standard InChI is InChI=1S/C9H10N2O2.C2H6/c10-8(12)9(13)11-6-7-4-2-1-3-5-7;1-2/h1-5H,6H2,(H2,10,12)(H,11,13);1-2H3. The van der Waals surface area contributed by atoms with Gasteiger partial charge in [-0.15, -0.1) is 0 Å². The average molecular weight is 208 g/mol. The fourth-order valence-electron chi connectivity index (χ4n) is 0.865. The van der Waals surface area contributed by atoms with Crippen molar-refractivity contribution in [2.24, 2.45) is 5.73 Å². The molecular formula is C11H16N2O2. The lowest BCUT2D eigenvalue weighted by Gasteiger charge is -2.01. The molecule has 0 bridgehead atoms. The Hall–Kier alpha value is -1.84. The number of rotatable bonds is 2. The zero-order valence-corrected chi connectivity index (χ0v) is 8.99. The number of benzene rings is 1. The molecule has 0 unspecified atom stereocenters. The number of hydrogen-bond acceptors (Lipinski definition) is 2. The van der Waals surface area contributed by atoms with Crippen LogP contribution in [0.5, 0.6) is 0 Å². The largest absolute Gasteiger partial charge is 0.361 e. The van der Waals surface area contributed by atoms with Crippen LogP contribution in [-0.2, 0) is 16.1 Å². The molecule has 1 aromatic rings. The third-order valence-corrected chi connectivity index (χ3v) is 1.52. The zero-order chi connectivity index (χ0) is 11.7. The number of nitrogens with one attached hydrogen (secondary N) is 1. The molecule has 4 nitrogen and oxygen atoms in total. The first-order valence-electron chi connectivity index (χ1n) is 4.81. The molecule has 0 heterocycles. The number of nitrogens with two attached hydrogens (primary N) is 1. The van der Waals surface area contributed by atoms with Crippen LogP contribution in [0.2, 0.25) is 0 Å². The van der Waals surface area contributed by atoms with Crippen molar-refractivity contribution in [3.63, 3.8) is 0 Å². The lowest BCUT2D eigenvalue weighted by molar-refractivity contribution is -0.137. The molecule has 0 radical (unpaired) electrons. The first-order valence-corrected chi connectivity index (χ1v) is 4.81. The highest BCUT2D eigenvalue weighted by Gasteiger charge is 2.06. The molecule has 0 spiro atoms. The molecule has 1 aromatic carbocycles. The number of amides is 2. The molecule has 0 saturated heterocycles. The van der Waals surface area contributed by atoms with Crippen LogP contribution in [0, 0.1) is 0 Å². The highest BCUT2D eigenvalue weighted by atomic mass is 16.2. The Labute approximate surface area is 89.5 Å². The normalized spacial score (nSPS) is 8.40. The van der Waals surface area contributed by atoms with Crippen LogP contribution >= 0.6 is 0 Å². The van der Waals surface area contributed by atoms with Crippen molar-refractivity contribution >= 4 is 11.8 Å². The van der Waals surface area contributed by atoms with E-state index < -0.39 is 11.8 Å². The molecule has 15 heavy (non-hydrogen) atoms. The fourth-order valence-corrected chi connectivity index (χ4v) is 0.865. The first kappa shape index (κ1) is 13.2. The van der Waals surface area contributed by atoms with E-state index in [9.17, 15) is 9.59 Å². The minimum absolute atomic E-state index is 0.322. The van der Waals surface area contributed by atoms with Gasteiger partial charge in [0.1, 0.15) is 0 Å². The molecule has 0 fully saturated rings. The van der Waals surface area contributed by atoms with E-state index in [0.29, 0.717) is 6.54 Å². The van der Waals surface area contributed by atoms with Crippen LogP contribution in [0.15, 0.2) is 30.3 Å². The summed E-state index contributed by atoms with van der Waals surface area (Å²) in [6.45, 7) is 4.32. The molecule has 0 aromatic heterocycles. The third-order valence-electron chi connectivity index (χ3n) is 1.52.